The minimum Gasteiger partial charge on any atom is -0.393 e. The number of nitrogens with zero attached hydrogens (tertiary/aromatic N) is 2. The van der Waals surface area contributed by atoms with Gasteiger partial charge in [0, 0.05) is 18.6 Å². The number of hydrogen-bond acceptors (Lipinski definition) is 3. The standard InChI is InChI=1S/C20H32N2O2/c1-16(23)18-11-8-12-21(14-18)15-19(24)22(20(2,3)4)13-17-9-6-5-7-10-17/h5-7,9-10,16,18,23H,8,11-15H2,1-4H3. The highest BCUT2D eigenvalue weighted by Gasteiger charge is 2.30. The summed E-state index contributed by atoms with van der Waals surface area (Å²) in [6.07, 6.45) is 1.80. The highest BCUT2D eigenvalue weighted by atomic mass is 16.3. The van der Waals surface area contributed by atoms with Crippen molar-refractivity contribution in [2.45, 2.75) is 58.7 Å². The number of carbonyl (C=O) groups is 1. The van der Waals surface area contributed by atoms with Crippen molar-refractivity contribution in [3.63, 3.8) is 0 Å². The number of aliphatic hydroxyl groups is 1. The molecule has 1 aliphatic heterocycles. The van der Waals surface area contributed by atoms with Gasteiger partial charge >= 0.3 is 0 Å². The van der Waals surface area contributed by atoms with E-state index in [4.69, 9.17) is 0 Å². The van der Waals surface area contributed by atoms with Crippen LogP contribution in [0.3, 0.4) is 0 Å². The molecule has 1 heterocycles. The molecule has 1 saturated heterocycles. The molecule has 1 N–H and O–H groups in total. The minimum absolute atomic E-state index is 0.164. The molecular weight excluding hydrogens is 300 g/mol. The van der Waals surface area contributed by atoms with Crippen LogP contribution >= 0.6 is 0 Å². The molecule has 1 aromatic rings. The van der Waals surface area contributed by atoms with Crippen LogP contribution in [0.15, 0.2) is 30.3 Å². The molecule has 2 atom stereocenters. The van der Waals surface area contributed by atoms with Crippen LogP contribution in [0.2, 0.25) is 0 Å². The smallest absolute Gasteiger partial charge is 0.237 e. The van der Waals surface area contributed by atoms with E-state index in [0.29, 0.717) is 13.1 Å². The number of piperidine rings is 1. The number of hydrogen-bond donors (Lipinski definition) is 1. The zero-order valence-electron chi connectivity index (χ0n) is 15.5. The molecule has 2 rings (SSSR count). The Morgan fingerprint density at radius 3 is 2.58 bits per heavy atom. The van der Waals surface area contributed by atoms with Crippen LogP contribution < -0.4 is 0 Å². The molecule has 0 radical (unpaired) electrons. The third-order valence-corrected chi connectivity index (χ3v) is 4.88. The van der Waals surface area contributed by atoms with E-state index in [9.17, 15) is 9.90 Å². The van der Waals surface area contributed by atoms with Crippen LogP contribution in [0.5, 0.6) is 0 Å². The fraction of sp³-hybridized carbons (Fsp3) is 0.650. The summed E-state index contributed by atoms with van der Waals surface area (Å²) in [5, 5.41) is 9.84. The average Bonchev–Trinajstić information content (AvgIpc) is 2.52. The van der Waals surface area contributed by atoms with Crippen LogP contribution in [0.1, 0.15) is 46.1 Å². The molecule has 1 aromatic carbocycles. The lowest BCUT2D eigenvalue weighted by atomic mass is 9.93. The number of rotatable bonds is 5. The second-order valence-corrected chi connectivity index (χ2v) is 8.01. The van der Waals surface area contributed by atoms with Crippen molar-refractivity contribution in [3.8, 4) is 0 Å². The lowest BCUT2D eigenvalue weighted by Gasteiger charge is -2.39. The Kier molecular flexibility index (Phi) is 6.41. The first-order valence-electron chi connectivity index (χ1n) is 9.02. The maximum Gasteiger partial charge on any atom is 0.237 e. The van der Waals surface area contributed by atoms with E-state index in [-0.39, 0.29) is 23.5 Å². The van der Waals surface area contributed by atoms with Crippen molar-refractivity contribution in [1.82, 2.24) is 9.80 Å². The van der Waals surface area contributed by atoms with E-state index in [2.05, 4.69) is 37.8 Å². The Bertz CT molecular complexity index is 522. The molecule has 0 spiro atoms. The van der Waals surface area contributed by atoms with E-state index >= 15 is 0 Å². The van der Waals surface area contributed by atoms with Crippen LogP contribution in [0.25, 0.3) is 0 Å². The van der Waals surface area contributed by atoms with Gasteiger partial charge in [-0.3, -0.25) is 9.69 Å². The van der Waals surface area contributed by atoms with E-state index in [1.807, 2.05) is 30.0 Å². The van der Waals surface area contributed by atoms with Gasteiger partial charge in [0.05, 0.1) is 12.6 Å². The van der Waals surface area contributed by atoms with Crippen molar-refractivity contribution in [2.75, 3.05) is 19.6 Å². The molecule has 0 aliphatic carbocycles. The second-order valence-electron chi connectivity index (χ2n) is 8.01. The average molecular weight is 332 g/mol. The number of aliphatic hydroxyl groups excluding tert-OH is 1. The highest BCUT2D eigenvalue weighted by Crippen LogP contribution is 2.22. The number of likely N-dealkylation sites (tertiary alicyclic amines) is 1. The van der Waals surface area contributed by atoms with Gasteiger partial charge in [-0.05, 0) is 58.6 Å². The topological polar surface area (TPSA) is 43.8 Å². The third kappa shape index (κ3) is 5.32. The van der Waals surface area contributed by atoms with Gasteiger partial charge in [0.1, 0.15) is 0 Å². The van der Waals surface area contributed by atoms with E-state index in [1.165, 1.54) is 0 Å². The summed E-state index contributed by atoms with van der Waals surface area (Å²) in [7, 11) is 0. The van der Waals surface area contributed by atoms with Crippen molar-refractivity contribution in [3.05, 3.63) is 35.9 Å². The van der Waals surface area contributed by atoms with Crippen LogP contribution in [0, 0.1) is 5.92 Å². The number of benzene rings is 1. The van der Waals surface area contributed by atoms with Crippen molar-refractivity contribution >= 4 is 5.91 Å². The Hall–Kier alpha value is -1.39. The zero-order chi connectivity index (χ0) is 17.7. The summed E-state index contributed by atoms with van der Waals surface area (Å²) in [5.74, 6) is 0.446. The zero-order valence-corrected chi connectivity index (χ0v) is 15.5. The highest BCUT2D eigenvalue weighted by molar-refractivity contribution is 5.79. The van der Waals surface area contributed by atoms with Crippen molar-refractivity contribution < 1.29 is 9.90 Å². The largest absolute Gasteiger partial charge is 0.393 e. The third-order valence-electron chi connectivity index (χ3n) is 4.88. The van der Waals surface area contributed by atoms with Crippen LogP contribution in [-0.2, 0) is 11.3 Å². The van der Waals surface area contributed by atoms with E-state index in [0.717, 1.165) is 31.5 Å². The SMILES string of the molecule is CC(O)C1CCCN(CC(=O)N(Cc2ccccc2)C(C)(C)C)C1. The molecule has 0 saturated carbocycles. The van der Waals surface area contributed by atoms with Gasteiger partial charge in [-0.2, -0.15) is 0 Å². The van der Waals surface area contributed by atoms with Crippen LogP contribution in [-0.4, -0.2) is 52.1 Å². The van der Waals surface area contributed by atoms with Gasteiger partial charge < -0.3 is 10.0 Å². The molecule has 0 bridgehead atoms. The summed E-state index contributed by atoms with van der Waals surface area (Å²) in [5.41, 5.74) is 0.938. The Morgan fingerprint density at radius 1 is 1.33 bits per heavy atom. The first kappa shape index (κ1) is 18.9. The summed E-state index contributed by atoms with van der Waals surface area (Å²) < 4.78 is 0. The number of amides is 1. The molecular formula is C20H32N2O2. The predicted octanol–water partition coefficient (Wildman–Crippen LogP) is 2.91. The van der Waals surface area contributed by atoms with Gasteiger partial charge in [0.15, 0.2) is 0 Å². The predicted molar refractivity (Wildman–Crippen MR) is 97.6 cm³/mol. The minimum atomic E-state index is -0.300. The van der Waals surface area contributed by atoms with E-state index < -0.39 is 0 Å². The molecule has 1 fully saturated rings. The maximum absolute atomic E-state index is 13.0. The summed E-state index contributed by atoms with van der Waals surface area (Å²) >= 11 is 0. The first-order chi connectivity index (χ1) is 11.3. The Balaban J connectivity index is 2.03. The molecule has 4 heteroatoms. The molecule has 2 unspecified atom stereocenters. The Labute approximate surface area is 146 Å². The summed E-state index contributed by atoms with van der Waals surface area (Å²) in [6, 6.07) is 10.2. The van der Waals surface area contributed by atoms with Gasteiger partial charge in [0.2, 0.25) is 5.91 Å². The fourth-order valence-electron chi connectivity index (χ4n) is 3.37. The Morgan fingerprint density at radius 2 is 2.00 bits per heavy atom. The number of carbonyl (C=O) groups excluding carboxylic acids is 1. The van der Waals surface area contributed by atoms with Gasteiger partial charge in [0.25, 0.3) is 0 Å². The summed E-state index contributed by atoms with van der Waals surface area (Å²) in [6.45, 7) is 10.9. The van der Waals surface area contributed by atoms with Gasteiger partial charge in [-0.15, -0.1) is 0 Å². The maximum atomic E-state index is 13.0. The lowest BCUT2D eigenvalue weighted by Crippen LogP contribution is -2.51. The molecule has 134 valence electrons. The quantitative estimate of drug-likeness (QED) is 0.902. The monoisotopic (exact) mass is 332 g/mol. The lowest BCUT2D eigenvalue weighted by molar-refractivity contribution is -0.138. The molecule has 0 aromatic heterocycles. The molecule has 24 heavy (non-hydrogen) atoms. The van der Waals surface area contributed by atoms with Crippen LogP contribution in [0.4, 0.5) is 0 Å². The second kappa shape index (κ2) is 8.13. The van der Waals surface area contributed by atoms with Gasteiger partial charge in [-0.1, -0.05) is 30.3 Å². The first-order valence-corrected chi connectivity index (χ1v) is 9.02. The molecule has 1 amide bonds. The molecule has 1 aliphatic rings. The fourth-order valence-corrected chi connectivity index (χ4v) is 3.37. The normalized spacial score (nSPS) is 20.6. The van der Waals surface area contributed by atoms with Crippen molar-refractivity contribution in [2.24, 2.45) is 5.92 Å². The summed E-state index contributed by atoms with van der Waals surface area (Å²) in [4.78, 5) is 17.1. The van der Waals surface area contributed by atoms with Gasteiger partial charge in [-0.25, -0.2) is 0 Å². The van der Waals surface area contributed by atoms with Crippen molar-refractivity contribution in [1.29, 1.82) is 0 Å². The molecule has 4 nitrogen and oxygen atoms in total. The van der Waals surface area contributed by atoms with E-state index in [1.54, 1.807) is 0 Å².